The summed E-state index contributed by atoms with van der Waals surface area (Å²) in [5.41, 5.74) is 1.23. The fraction of sp³-hybridized carbons (Fsp3) is 0.562. The van der Waals surface area contributed by atoms with E-state index in [1.54, 1.807) is 24.3 Å². The monoisotopic (exact) mass is 327 g/mol. The molecule has 0 radical (unpaired) electrons. The molecule has 0 aliphatic carbocycles. The number of halogens is 3. The summed E-state index contributed by atoms with van der Waals surface area (Å²) in [6.07, 6.45) is -4.92. The van der Waals surface area contributed by atoms with Gasteiger partial charge in [0, 0.05) is 32.7 Å². The number of hydrogen-bond acceptors (Lipinski definition) is 4. The number of alkyl halides is 3. The van der Waals surface area contributed by atoms with Crippen molar-refractivity contribution >= 4 is 0 Å². The average molecular weight is 327 g/mol. The summed E-state index contributed by atoms with van der Waals surface area (Å²) >= 11 is 0. The fourth-order valence-corrected chi connectivity index (χ4v) is 2.67. The first-order valence-corrected chi connectivity index (χ1v) is 7.52. The molecule has 126 valence electrons. The van der Waals surface area contributed by atoms with Crippen LogP contribution < -0.4 is 0 Å². The number of rotatable bonds is 4. The molecule has 23 heavy (non-hydrogen) atoms. The quantitative estimate of drug-likeness (QED) is 0.921. The SMILES string of the molecule is CC(N1CCN(CC(O)c2ccc(C#N)cc2)CC1)C(F)(F)F. The molecule has 0 spiro atoms. The Bertz CT molecular complexity index is 545. The molecule has 1 aromatic rings. The van der Waals surface area contributed by atoms with E-state index in [2.05, 4.69) is 0 Å². The highest BCUT2D eigenvalue weighted by Gasteiger charge is 2.40. The normalized spacial score (nSPS) is 20.0. The average Bonchev–Trinajstić information content (AvgIpc) is 2.54. The number of aliphatic hydroxyl groups excluding tert-OH is 1. The Morgan fingerprint density at radius 2 is 1.74 bits per heavy atom. The molecule has 0 amide bonds. The van der Waals surface area contributed by atoms with Crippen molar-refractivity contribution in [2.75, 3.05) is 32.7 Å². The standard InChI is InChI=1S/C16H20F3N3O/c1-12(16(17,18)19)22-8-6-21(7-9-22)11-15(23)14-4-2-13(10-20)3-5-14/h2-5,12,15,23H,6-9,11H2,1H3. The van der Waals surface area contributed by atoms with Crippen LogP contribution in [0.5, 0.6) is 0 Å². The van der Waals surface area contributed by atoms with Gasteiger partial charge in [-0.1, -0.05) is 12.1 Å². The number of nitrogens with zero attached hydrogens (tertiary/aromatic N) is 3. The van der Waals surface area contributed by atoms with Gasteiger partial charge in [-0.2, -0.15) is 18.4 Å². The van der Waals surface area contributed by atoms with E-state index in [9.17, 15) is 18.3 Å². The van der Waals surface area contributed by atoms with Crippen molar-refractivity contribution in [3.8, 4) is 6.07 Å². The maximum absolute atomic E-state index is 12.7. The van der Waals surface area contributed by atoms with Crippen LogP contribution in [0, 0.1) is 11.3 Å². The van der Waals surface area contributed by atoms with E-state index in [4.69, 9.17) is 5.26 Å². The van der Waals surface area contributed by atoms with Crippen molar-refractivity contribution < 1.29 is 18.3 Å². The lowest BCUT2D eigenvalue weighted by Gasteiger charge is -2.39. The van der Waals surface area contributed by atoms with Gasteiger partial charge in [0.15, 0.2) is 0 Å². The zero-order chi connectivity index (χ0) is 17.0. The van der Waals surface area contributed by atoms with Crippen molar-refractivity contribution in [1.82, 2.24) is 9.80 Å². The van der Waals surface area contributed by atoms with E-state index in [-0.39, 0.29) is 0 Å². The third kappa shape index (κ3) is 4.67. The van der Waals surface area contributed by atoms with Crippen LogP contribution in [0.1, 0.15) is 24.2 Å². The highest BCUT2D eigenvalue weighted by Crippen LogP contribution is 2.25. The molecule has 1 aliphatic rings. The summed E-state index contributed by atoms with van der Waals surface area (Å²) in [5.74, 6) is 0. The second kappa shape index (κ2) is 7.30. The maximum atomic E-state index is 12.7. The molecular weight excluding hydrogens is 307 g/mol. The van der Waals surface area contributed by atoms with Crippen LogP contribution in [0.4, 0.5) is 13.2 Å². The summed E-state index contributed by atoms with van der Waals surface area (Å²) in [4.78, 5) is 3.38. The minimum absolute atomic E-state index is 0.334. The zero-order valence-corrected chi connectivity index (χ0v) is 12.9. The number of nitriles is 1. The smallest absolute Gasteiger partial charge is 0.387 e. The fourth-order valence-electron chi connectivity index (χ4n) is 2.67. The van der Waals surface area contributed by atoms with Crippen LogP contribution in [0.2, 0.25) is 0 Å². The van der Waals surface area contributed by atoms with E-state index in [0.717, 1.165) is 0 Å². The van der Waals surface area contributed by atoms with Gasteiger partial charge in [-0.15, -0.1) is 0 Å². The predicted molar refractivity (Wildman–Crippen MR) is 79.6 cm³/mol. The number of benzene rings is 1. The van der Waals surface area contributed by atoms with Gasteiger partial charge in [-0.3, -0.25) is 9.80 Å². The lowest BCUT2D eigenvalue weighted by molar-refractivity contribution is -0.182. The van der Waals surface area contributed by atoms with Crippen LogP contribution in [-0.2, 0) is 0 Å². The van der Waals surface area contributed by atoms with E-state index in [1.165, 1.54) is 11.8 Å². The Labute approximate surface area is 133 Å². The molecule has 1 heterocycles. The van der Waals surface area contributed by atoms with Crippen LogP contribution in [0.3, 0.4) is 0 Å². The first-order chi connectivity index (χ1) is 10.8. The van der Waals surface area contributed by atoms with Crippen LogP contribution in [0.15, 0.2) is 24.3 Å². The largest absolute Gasteiger partial charge is 0.403 e. The second-order valence-electron chi connectivity index (χ2n) is 5.80. The molecule has 0 aromatic heterocycles. The summed E-state index contributed by atoms with van der Waals surface area (Å²) in [5, 5.41) is 19.0. The van der Waals surface area contributed by atoms with E-state index >= 15 is 0 Å². The highest BCUT2D eigenvalue weighted by atomic mass is 19.4. The topological polar surface area (TPSA) is 50.5 Å². The number of hydrogen-bond donors (Lipinski definition) is 1. The number of β-amino-alcohol motifs (C(OH)–C–C–N with tert-alkyl or cyclic N) is 1. The Balaban J connectivity index is 1.85. The summed E-state index contributed by atoms with van der Waals surface area (Å²) in [6, 6.07) is 7.26. The van der Waals surface area contributed by atoms with E-state index < -0.39 is 18.3 Å². The summed E-state index contributed by atoms with van der Waals surface area (Å²) in [7, 11) is 0. The third-order valence-corrected chi connectivity index (χ3v) is 4.28. The molecular formula is C16H20F3N3O. The molecule has 7 heteroatoms. The van der Waals surface area contributed by atoms with Crippen molar-refractivity contribution in [3.63, 3.8) is 0 Å². The van der Waals surface area contributed by atoms with Crippen LogP contribution >= 0.6 is 0 Å². The van der Waals surface area contributed by atoms with Gasteiger partial charge < -0.3 is 5.11 Å². The van der Waals surface area contributed by atoms with Gasteiger partial charge in [0.1, 0.15) is 6.04 Å². The summed E-state index contributed by atoms with van der Waals surface area (Å²) < 4.78 is 38.1. The third-order valence-electron chi connectivity index (χ3n) is 4.28. The van der Waals surface area contributed by atoms with Gasteiger partial charge in [0.05, 0.1) is 17.7 Å². The number of aliphatic hydroxyl groups is 1. The van der Waals surface area contributed by atoms with Crippen LogP contribution in [-0.4, -0.2) is 59.8 Å². The molecule has 2 rings (SSSR count). The van der Waals surface area contributed by atoms with E-state index in [0.29, 0.717) is 43.9 Å². The van der Waals surface area contributed by atoms with Gasteiger partial charge in [0.25, 0.3) is 0 Å². The molecule has 0 bridgehead atoms. The first kappa shape index (κ1) is 17.7. The lowest BCUT2D eigenvalue weighted by Crippen LogP contribution is -2.54. The van der Waals surface area contributed by atoms with Crippen LogP contribution in [0.25, 0.3) is 0 Å². The molecule has 1 saturated heterocycles. The molecule has 1 N–H and O–H groups in total. The lowest BCUT2D eigenvalue weighted by atomic mass is 10.1. The molecule has 2 atom stereocenters. The molecule has 4 nitrogen and oxygen atoms in total. The Hall–Kier alpha value is -1.62. The van der Waals surface area contributed by atoms with Crippen molar-refractivity contribution in [1.29, 1.82) is 5.26 Å². The van der Waals surface area contributed by atoms with Gasteiger partial charge in [-0.25, -0.2) is 0 Å². The molecule has 1 fully saturated rings. The zero-order valence-electron chi connectivity index (χ0n) is 12.9. The Morgan fingerprint density at radius 1 is 1.17 bits per heavy atom. The maximum Gasteiger partial charge on any atom is 0.403 e. The predicted octanol–water partition coefficient (Wildman–Crippen LogP) is 2.16. The second-order valence-corrected chi connectivity index (χ2v) is 5.80. The van der Waals surface area contributed by atoms with Gasteiger partial charge in [-0.05, 0) is 24.6 Å². The minimum Gasteiger partial charge on any atom is -0.387 e. The minimum atomic E-state index is -4.20. The van der Waals surface area contributed by atoms with E-state index in [1.807, 2.05) is 11.0 Å². The number of piperazine rings is 1. The Kier molecular flexibility index (Phi) is 5.63. The first-order valence-electron chi connectivity index (χ1n) is 7.52. The van der Waals surface area contributed by atoms with Crippen molar-refractivity contribution in [2.24, 2.45) is 0 Å². The molecule has 2 unspecified atom stereocenters. The van der Waals surface area contributed by atoms with Crippen molar-refractivity contribution in [3.05, 3.63) is 35.4 Å². The molecule has 1 aliphatic heterocycles. The van der Waals surface area contributed by atoms with Gasteiger partial charge >= 0.3 is 6.18 Å². The highest BCUT2D eigenvalue weighted by molar-refractivity contribution is 5.32. The molecule has 1 aromatic carbocycles. The summed E-state index contributed by atoms with van der Waals surface area (Å²) in [6.45, 7) is 3.21. The Morgan fingerprint density at radius 3 is 2.22 bits per heavy atom. The molecule has 0 saturated carbocycles. The van der Waals surface area contributed by atoms with Gasteiger partial charge in [0.2, 0.25) is 0 Å². The van der Waals surface area contributed by atoms with Crippen molar-refractivity contribution in [2.45, 2.75) is 25.2 Å².